The van der Waals surface area contributed by atoms with Gasteiger partial charge < -0.3 is 10.6 Å². The van der Waals surface area contributed by atoms with Crippen LogP contribution in [0.3, 0.4) is 0 Å². The SMILES string of the molecule is CNCC(C)NCc1ccc(Cl)c(Cl)c1. The summed E-state index contributed by atoms with van der Waals surface area (Å²) >= 11 is 11.7. The Bertz CT molecular complexity index is 315. The van der Waals surface area contributed by atoms with Gasteiger partial charge in [0.1, 0.15) is 0 Å². The molecule has 84 valence electrons. The summed E-state index contributed by atoms with van der Waals surface area (Å²) in [5.41, 5.74) is 1.15. The van der Waals surface area contributed by atoms with Gasteiger partial charge in [0, 0.05) is 19.1 Å². The van der Waals surface area contributed by atoms with E-state index in [1.54, 1.807) is 0 Å². The molecule has 0 radical (unpaired) electrons. The van der Waals surface area contributed by atoms with Crippen LogP contribution >= 0.6 is 23.2 Å². The number of nitrogens with one attached hydrogen (secondary N) is 2. The molecule has 0 saturated carbocycles. The molecule has 0 spiro atoms. The number of likely N-dealkylation sites (N-methyl/N-ethyl adjacent to an activating group) is 1. The molecular weight excluding hydrogens is 231 g/mol. The van der Waals surface area contributed by atoms with E-state index in [4.69, 9.17) is 23.2 Å². The van der Waals surface area contributed by atoms with Gasteiger partial charge in [-0.3, -0.25) is 0 Å². The van der Waals surface area contributed by atoms with E-state index >= 15 is 0 Å². The van der Waals surface area contributed by atoms with Gasteiger partial charge in [-0.15, -0.1) is 0 Å². The van der Waals surface area contributed by atoms with Crippen LogP contribution < -0.4 is 10.6 Å². The zero-order valence-electron chi connectivity index (χ0n) is 8.98. The number of rotatable bonds is 5. The molecular formula is C11H16Cl2N2. The Morgan fingerprint density at radius 2 is 2.00 bits per heavy atom. The predicted octanol–water partition coefficient (Wildman–Crippen LogP) is 2.69. The first-order valence-corrected chi connectivity index (χ1v) is 5.71. The maximum absolute atomic E-state index is 5.92. The van der Waals surface area contributed by atoms with Crippen LogP contribution in [-0.4, -0.2) is 19.6 Å². The fourth-order valence-electron chi connectivity index (χ4n) is 1.32. The molecule has 1 atom stereocenters. The van der Waals surface area contributed by atoms with E-state index in [1.165, 1.54) is 0 Å². The first kappa shape index (κ1) is 12.8. The van der Waals surface area contributed by atoms with Crippen LogP contribution in [-0.2, 0) is 6.54 Å². The molecule has 0 bridgehead atoms. The second kappa shape index (κ2) is 6.33. The van der Waals surface area contributed by atoms with Gasteiger partial charge in [-0.05, 0) is 31.7 Å². The lowest BCUT2D eigenvalue weighted by atomic mass is 10.2. The second-order valence-corrected chi connectivity index (χ2v) is 4.40. The van der Waals surface area contributed by atoms with Crippen molar-refractivity contribution in [3.05, 3.63) is 33.8 Å². The summed E-state index contributed by atoms with van der Waals surface area (Å²) in [6.07, 6.45) is 0. The smallest absolute Gasteiger partial charge is 0.0595 e. The Labute approximate surface area is 101 Å². The second-order valence-electron chi connectivity index (χ2n) is 3.59. The molecule has 1 aromatic carbocycles. The largest absolute Gasteiger partial charge is 0.318 e. The summed E-state index contributed by atoms with van der Waals surface area (Å²) in [5, 5.41) is 7.71. The molecule has 15 heavy (non-hydrogen) atoms. The standard InChI is InChI=1S/C11H16Cl2N2/c1-8(6-14-2)15-7-9-3-4-10(12)11(13)5-9/h3-5,8,14-15H,6-7H2,1-2H3. The minimum atomic E-state index is 0.435. The van der Waals surface area contributed by atoms with E-state index in [2.05, 4.69) is 17.6 Å². The van der Waals surface area contributed by atoms with E-state index in [-0.39, 0.29) is 0 Å². The van der Waals surface area contributed by atoms with Crippen molar-refractivity contribution >= 4 is 23.2 Å². The van der Waals surface area contributed by atoms with Crippen LogP contribution in [0.15, 0.2) is 18.2 Å². The molecule has 0 fully saturated rings. The van der Waals surface area contributed by atoms with Crippen molar-refractivity contribution in [3.63, 3.8) is 0 Å². The highest BCUT2D eigenvalue weighted by atomic mass is 35.5. The number of hydrogen-bond donors (Lipinski definition) is 2. The van der Waals surface area contributed by atoms with E-state index in [0.29, 0.717) is 16.1 Å². The normalized spacial score (nSPS) is 12.8. The summed E-state index contributed by atoms with van der Waals surface area (Å²) in [4.78, 5) is 0. The lowest BCUT2D eigenvalue weighted by Gasteiger charge is -2.13. The van der Waals surface area contributed by atoms with E-state index in [9.17, 15) is 0 Å². The molecule has 0 heterocycles. The summed E-state index contributed by atoms with van der Waals surface area (Å²) < 4.78 is 0. The van der Waals surface area contributed by atoms with E-state index < -0.39 is 0 Å². The zero-order valence-corrected chi connectivity index (χ0v) is 10.5. The average molecular weight is 247 g/mol. The fourth-order valence-corrected chi connectivity index (χ4v) is 1.64. The molecule has 0 aromatic heterocycles. The van der Waals surface area contributed by atoms with Gasteiger partial charge in [0.25, 0.3) is 0 Å². The van der Waals surface area contributed by atoms with Crippen LogP contribution in [0.2, 0.25) is 10.0 Å². The van der Waals surface area contributed by atoms with Crippen LogP contribution in [0, 0.1) is 0 Å². The van der Waals surface area contributed by atoms with Crippen molar-refractivity contribution < 1.29 is 0 Å². The van der Waals surface area contributed by atoms with Crippen LogP contribution in [0.1, 0.15) is 12.5 Å². The highest BCUT2D eigenvalue weighted by Gasteiger charge is 2.02. The highest BCUT2D eigenvalue weighted by molar-refractivity contribution is 6.42. The topological polar surface area (TPSA) is 24.1 Å². The molecule has 1 unspecified atom stereocenters. The molecule has 0 aliphatic carbocycles. The first-order valence-electron chi connectivity index (χ1n) is 4.95. The summed E-state index contributed by atoms with van der Waals surface area (Å²) in [6, 6.07) is 6.13. The zero-order chi connectivity index (χ0) is 11.3. The lowest BCUT2D eigenvalue weighted by Crippen LogP contribution is -2.34. The Kier molecular flexibility index (Phi) is 5.40. The fraction of sp³-hybridized carbons (Fsp3) is 0.455. The molecule has 0 aliphatic rings. The number of halogens is 2. The minimum Gasteiger partial charge on any atom is -0.318 e. The van der Waals surface area contributed by atoms with Crippen molar-refractivity contribution in [3.8, 4) is 0 Å². The van der Waals surface area contributed by atoms with Crippen molar-refractivity contribution in [2.75, 3.05) is 13.6 Å². The molecule has 2 N–H and O–H groups in total. The predicted molar refractivity (Wildman–Crippen MR) is 66.7 cm³/mol. The summed E-state index contributed by atoms with van der Waals surface area (Å²) in [5.74, 6) is 0. The van der Waals surface area contributed by atoms with Gasteiger partial charge in [0.15, 0.2) is 0 Å². The molecule has 0 aliphatic heterocycles. The minimum absolute atomic E-state index is 0.435. The summed E-state index contributed by atoms with van der Waals surface area (Å²) in [7, 11) is 1.94. The molecule has 2 nitrogen and oxygen atoms in total. The number of hydrogen-bond acceptors (Lipinski definition) is 2. The molecule has 0 amide bonds. The molecule has 0 saturated heterocycles. The highest BCUT2D eigenvalue weighted by Crippen LogP contribution is 2.22. The van der Waals surface area contributed by atoms with Crippen LogP contribution in [0.25, 0.3) is 0 Å². The van der Waals surface area contributed by atoms with Crippen LogP contribution in [0.4, 0.5) is 0 Å². The third-order valence-corrected chi connectivity index (χ3v) is 2.89. The van der Waals surface area contributed by atoms with Crippen molar-refractivity contribution in [2.45, 2.75) is 19.5 Å². The lowest BCUT2D eigenvalue weighted by molar-refractivity contribution is 0.523. The Hall–Kier alpha value is -0.280. The molecule has 4 heteroatoms. The maximum Gasteiger partial charge on any atom is 0.0595 e. The molecule has 1 rings (SSSR count). The van der Waals surface area contributed by atoms with E-state index in [1.807, 2.05) is 25.2 Å². The third-order valence-electron chi connectivity index (χ3n) is 2.15. The van der Waals surface area contributed by atoms with E-state index in [0.717, 1.165) is 18.7 Å². The monoisotopic (exact) mass is 246 g/mol. The van der Waals surface area contributed by atoms with Gasteiger partial charge in [-0.1, -0.05) is 29.3 Å². The summed E-state index contributed by atoms with van der Waals surface area (Å²) in [6.45, 7) is 3.88. The quantitative estimate of drug-likeness (QED) is 0.835. The Balaban J connectivity index is 2.47. The third kappa shape index (κ3) is 4.39. The number of benzene rings is 1. The van der Waals surface area contributed by atoms with Crippen molar-refractivity contribution in [2.24, 2.45) is 0 Å². The van der Waals surface area contributed by atoms with Gasteiger partial charge in [-0.2, -0.15) is 0 Å². The van der Waals surface area contributed by atoms with Crippen molar-refractivity contribution in [1.82, 2.24) is 10.6 Å². The van der Waals surface area contributed by atoms with Crippen LogP contribution in [0.5, 0.6) is 0 Å². The van der Waals surface area contributed by atoms with Gasteiger partial charge in [0.05, 0.1) is 10.0 Å². The van der Waals surface area contributed by atoms with Gasteiger partial charge in [-0.25, -0.2) is 0 Å². The Morgan fingerprint density at radius 3 is 2.60 bits per heavy atom. The first-order chi connectivity index (χ1) is 7.13. The van der Waals surface area contributed by atoms with Gasteiger partial charge in [0.2, 0.25) is 0 Å². The Morgan fingerprint density at radius 1 is 1.27 bits per heavy atom. The molecule has 1 aromatic rings. The maximum atomic E-state index is 5.92. The average Bonchev–Trinajstić information content (AvgIpc) is 2.20. The van der Waals surface area contributed by atoms with Gasteiger partial charge >= 0.3 is 0 Å². The van der Waals surface area contributed by atoms with Crippen molar-refractivity contribution in [1.29, 1.82) is 0 Å².